The zero-order chi connectivity index (χ0) is 16.7. The Labute approximate surface area is 146 Å². The second-order valence-corrected chi connectivity index (χ2v) is 6.25. The van der Waals surface area contributed by atoms with Gasteiger partial charge in [-0.2, -0.15) is 0 Å². The van der Waals surface area contributed by atoms with E-state index in [1.54, 1.807) is 0 Å². The lowest BCUT2D eigenvalue weighted by Gasteiger charge is -2.12. The fourth-order valence-electron chi connectivity index (χ4n) is 2.33. The fourth-order valence-corrected chi connectivity index (χ4v) is 2.60. The number of amides is 1. The van der Waals surface area contributed by atoms with Crippen molar-refractivity contribution in [1.82, 2.24) is 5.32 Å². The molecule has 0 aliphatic carbocycles. The molecule has 3 nitrogen and oxygen atoms in total. The molecule has 0 saturated carbocycles. The molecule has 0 aliphatic heterocycles. The summed E-state index contributed by atoms with van der Waals surface area (Å²) < 4.78 is 6.46. The van der Waals surface area contributed by atoms with E-state index in [2.05, 4.69) is 53.3 Å². The van der Waals surface area contributed by atoms with Gasteiger partial charge in [-0.1, -0.05) is 48.0 Å². The number of aryl methyl sites for hydroxylation is 2. The molecule has 2 rings (SSSR count). The Morgan fingerprint density at radius 3 is 2.43 bits per heavy atom. The zero-order valence-corrected chi connectivity index (χ0v) is 15.2. The molecule has 1 amide bonds. The van der Waals surface area contributed by atoms with Gasteiger partial charge in [-0.25, -0.2) is 0 Å². The number of ether oxygens (including phenoxy) is 1. The van der Waals surface area contributed by atoms with Crippen molar-refractivity contribution in [2.45, 2.75) is 33.2 Å². The first-order chi connectivity index (χ1) is 11.1. The summed E-state index contributed by atoms with van der Waals surface area (Å²) in [6, 6.07) is 13.9. The highest BCUT2D eigenvalue weighted by atomic mass is 79.9. The Kier molecular flexibility index (Phi) is 6.66. The predicted octanol–water partition coefficient (Wildman–Crippen LogP) is 4.27. The third kappa shape index (κ3) is 5.39. The number of rotatable bonds is 7. The van der Waals surface area contributed by atoms with Crippen LogP contribution >= 0.6 is 15.9 Å². The van der Waals surface area contributed by atoms with Crippen LogP contribution in [0.2, 0.25) is 0 Å². The topological polar surface area (TPSA) is 38.3 Å². The molecular formula is C19H22BrNO2. The monoisotopic (exact) mass is 375 g/mol. The molecule has 0 bridgehead atoms. The quantitative estimate of drug-likeness (QED) is 0.784. The molecule has 2 aromatic carbocycles. The first-order valence-electron chi connectivity index (χ1n) is 7.88. The van der Waals surface area contributed by atoms with Gasteiger partial charge in [0.2, 0.25) is 0 Å². The number of nitrogens with one attached hydrogen (secondary N) is 1. The maximum atomic E-state index is 12.0. The van der Waals surface area contributed by atoms with Gasteiger partial charge in [-0.15, -0.1) is 0 Å². The Bertz CT molecular complexity index is 653. The minimum absolute atomic E-state index is 0.0244. The first kappa shape index (κ1) is 17.5. The van der Waals surface area contributed by atoms with Crippen molar-refractivity contribution >= 4 is 21.8 Å². The summed E-state index contributed by atoms with van der Waals surface area (Å²) in [5.74, 6) is 0.572. The molecule has 0 fully saturated rings. The molecule has 4 heteroatoms. The van der Waals surface area contributed by atoms with Crippen molar-refractivity contribution < 1.29 is 9.53 Å². The number of benzene rings is 2. The summed E-state index contributed by atoms with van der Waals surface area (Å²) >= 11 is 3.37. The molecule has 1 N–H and O–H groups in total. The van der Waals surface area contributed by atoms with Crippen LogP contribution in [0, 0.1) is 0 Å². The summed E-state index contributed by atoms with van der Waals surface area (Å²) in [6.45, 7) is 4.83. The highest BCUT2D eigenvalue weighted by molar-refractivity contribution is 9.10. The summed E-state index contributed by atoms with van der Waals surface area (Å²) in [5.41, 5.74) is 3.75. The molecule has 0 spiro atoms. The van der Waals surface area contributed by atoms with E-state index in [4.69, 9.17) is 4.74 Å². The molecule has 0 aromatic heterocycles. The molecule has 0 radical (unpaired) electrons. The SMILES string of the molecule is CCc1ccc(CC)c(CNC(=O)COc2ccc(Br)cc2)c1. The normalized spacial score (nSPS) is 10.4. The summed E-state index contributed by atoms with van der Waals surface area (Å²) in [6.07, 6.45) is 1.96. The predicted molar refractivity (Wildman–Crippen MR) is 96.7 cm³/mol. The minimum Gasteiger partial charge on any atom is -0.484 e. The van der Waals surface area contributed by atoms with Crippen molar-refractivity contribution in [3.63, 3.8) is 0 Å². The summed E-state index contributed by atoms with van der Waals surface area (Å²) in [7, 11) is 0. The smallest absolute Gasteiger partial charge is 0.258 e. The van der Waals surface area contributed by atoms with Gasteiger partial charge in [0.25, 0.3) is 5.91 Å². The summed E-state index contributed by atoms with van der Waals surface area (Å²) in [5, 5.41) is 2.93. The van der Waals surface area contributed by atoms with E-state index in [0.717, 1.165) is 17.3 Å². The maximum Gasteiger partial charge on any atom is 0.258 e. The van der Waals surface area contributed by atoms with Crippen LogP contribution in [0.1, 0.15) is 30.5 Å². The lowest BCUT2D eigenvalue weighted by atomic mass is 10.0. The van der Waals surface area contributed by atoms with E-state index in [0.29, 0.717) is 12.3 Å². The molecule has 0 heterocycles. The highest BCUT2D eigenvalue weighted by Gasteiger charge is 2.06. The standard InChI is InChI=1S/C19H22BrNO2/c1-3-14-5-6-15(4-2)16(11-14)12-21-19(22)13-23-18-9-7-17(20)8-10-18/h5-11H,3-4,12-13H2,1-2H3,(H,21,22). The van der Waals surface area contributed by atoms with Gasteiger partial charge in [0.1, 0.15) is 5.75 Å². The second kappa shape index (κ2) is 8.73. The van der Waals surface area contributed by atoms with E-state index in [9.17, 15) is 4.79 Å². The lowest BCUT2D eigenvalue weighted by molar-refractivity contribution is -0.123. The van der Waals surface area contributed by atoms with Crippen LogP contribution in [0.15, 0.2) is 46.9 Å². The van der Waals surface area contributed by atoms with Gasteiger partial charge >= 0.3 is 0 Å². The van der Waals surface area contributed by atoms with Crippen LogP contribution < -0.4 is 10.1 Å². The van der Waals surface area contributed by atoms with Gasteiger partial charge in [0.15, 0.2) is 6.61 Å². The Balaban J connectivity index is 1.87. The van der Waals surface area contributed by atoms with Crippen LogP contribution in [0.4, 0.5) is 0 Å². The maximum absolute atomic E-state index is 12.0. The van der Waals surface area contributed by atoms with E-state index in [1.807, 2.05) is 24.3 Å². The largest absolute Gasteiger partial charge is 0.484 e. The van der Waals surface area contributed by atoms with Crippen LogP contribution in [-0.2, 0) is 24.2 Å². The minimum atomic E-state index is -0.114. The summed E-state index contributed by atoms with van der Waals surface area (Å²) in [4.78, 5) is 12.0. The number of hydrogen-bond donors (Lipinski definition) is 1. The van der Waals surface area contributed by atoms with Gasteiger partial charge in [0, 0.05) is 11.0 Å². The molecule has 0 atom stereocenters. The number of halogens is 1. The van der Waals surface area contributed by atoms with Gasteiger partial charge in [0.05, 0.1) is 0 Å². The second-order valence-electron chi connectivity index (χ2n) is 5.33. The van der Waals surface area contributed by atoms with Crippen LogP contribution in [0.25, 0.3) is 0 Å². The fraction of sp³-hybridized carbons (Fsp3) is 0.316. The van der Waals surface area contributed by atoms with Crippen molar-refractivity contribution in [2.75, 3.05) is 6.61 Å². The molecular weight excluding hydrogens is 354 g/mol. The van der Waals surface area contributed by atoms with E-state index >= 15 is 0 Å². The van der Waals surface area contributed by atoms with Crippen molar-refractivity contribution in [3.05, 3.63) is 63.6 Å². The molecule has 122 valence electrons. The Morgan fingerprint density at radius 1 is 1.04 bits per heavy atom. The van der Waals surface area contributed by atoms with Gasteiger partial charge in [-0.05, 0) is 53.8 Å². The molecule has 0 unspecified atom stereocenters. The molecule has 0 saturated heterocycles. The van der Waals surface area contributed by atoms with Gasteiger partial charge < -0.3 is 10.1 Å². The molecule has 0 aliphatic rings. The number of carbonyl (C=O) groups is 1. The first-order valence-corrected chi connectivity index (χ1v) is 8.67. The third-order valence-corrected chi connectivity index (χ3v) is 4.25. The van der Waals surface area contributed by atoms with E-state index in [-0.39, 0.29) is 12.5 Å². The van der Waals surface area contributed by atoms with Crippen LogP contribution in [-0.4, -0.2) is 12.5 Å². The van der Waals surface area contributed by atoms with Crippen molar-refractivity contribution in [1.29, 1.82) is 0 Å². The third-order valence-electron chi connectivity index (χ3n) is 3.72. The van der Waals surface area contributed by atoms with Crippen LogP contribution in [0.3, 0.4) is 0 Å². The highest BCUT2D eigenvalue weighted by Crippen LogP contribution is 2.16. The molecule has 23 heavy (non-hydrogen) atoms. The van der Waals surface area contributed by atoms with Crippen LogP contribution in [0.5, 0.6) is 5.75 Å². The average Bonchev–Trinajstić information content (AvgIpc) is 2.59. The lowest BCUT2D eigenvalue weighted by Crippen LogP contribution is -2.28. The van der Waals surface area contributed by atoms with Gasteiger partial charge in [-0.3, -0.25) is 4.79 Å². The Morgan fingerprint density at radius 2 is 1.78 bits per heavy atom. The number of carbonyl (C=O) groups excluding carboxylic acids is 1. The van der Waals surface area contributed by atoms with Crippen molar-refractivity contribution in [2.24, 2.45) is 0 Å². The van der Waals surface area contributed by atoms with E-state index in [1.165, 1.54) is 16.7 Å². The molecule has 2 aromatic rings. The van der Waals surface area contributed by atoms with Crippen molar-refractivity contribution in [3.8, 4) is 5.75 Å². The van der Waals surface area contributed by atoms with E-state index < -0.39 is 0 Å². The zero-order valence-electron chi connectivity index (χ0n) is 13.6. The Hall–Kier alpha value is -1.81. The number of hydrogen-bond acceptors (Lipinski definition) is 2. The average molecular weight is 376 g/mol.